The van der Waals surface area contributed by atoms with Crippen LogP contribution in [0, 0.1) is 11.3 Å². The fourth-order valence-corrected chi connectivity index (χ4v) is 2.11. The molecule has 0 aromatic heterocycles. The summed E-state index contributed by atoms with van der Waals surface area (Å²) in [6, 6.07) is 7.73. The van der Waals surface area contributed by atoms with Gasteiger partial charge in [0.1, 0.15) is 25.7 Å². The van der Waals surface area contributed by atoms with Gasteiger partial charge in [0.2, 0.25) is 0 Å². The van der Waals surface area contributed by atoms with E-state index in [2.05, 4.69) is 6.07 Å². The summed E-state index contributed by atoms with van der Waals surface area (Å²) in [5.74, 6) is 0.603. The zero-order valence-corrected chi connectivity index (χ0v) is 11.8. The van der Waals surface area contributed by atoms with Crippen molar-refractivity contribution >= 4 is 12.7 Å². The quantitative estimate of drug-likeness (QED) is 0.586. The van der Waals surface area contributed by atoms with Gasteiger partial charge in [0, 0.05) is 6.61 Å². The van der Waals surface area contributed by atoms with Crippen molar-refractivity contribution in [3.63, 3.8) is 0 Å². The van der Waals surface area contributed by atoms with Crippen molar-refractivity contribution in [3.8, 4) is 11.8 Å². The van der Waals surface area contributed by atoms with E-state index in [4.69, 9.17) is 19.5 Å². The first-order valence-corrected chi connectivity index (χ1v) is 7.03. The second-order valence-corrected chi connectivity index (χ2v) is 4.67. The molecule has 4 nitrogen and oxygen atoms in total. The lowest BCUT2D eigenvalue weighted by Gasteiger charge is -2.22. The molecule has 1 aromatic rings. The molecule has 0 N–H and O–H groups in total. The number of benzene rings is 1. The molecule has 1 saturated heterocycles. The van der Waals surface area contributed by atoms with Gasteiger partial charge >= 0.3 is 0 Å². The molecule has 105 valence electrons. The molecule has 1 aliphatic heterocycles. The van der Waals surface area contributed by atoms with E-state index < -0.39 is 0 Å². The minimum Gasteiger partial charge on any atom is -0.490 e. The molecular formula is C15H19BNO3. The SMILES string of the molecule is C[B]c1ccc(OCCOC2CCCCO2)c(C#N)c1. The van der Waals surface area contributed by atoms with Gasteiger partial charge in [-0.3, -0.25) is 0 Å². The first kappa shape index (κ1) is 14.9. The summed E-state index contributed by atoms with van der Waals surface area (Å²) in [7, 11) is 1.95. The summed E-state index contributed by atoms with van der Waals surface area (Å²) in [5, 5.41) is 9.10. The molecule has 1 heterocycles. The Bertz CT molecular complexity index is 467. The van der Waals surface area contributed by atoms with Crippen LogP contribution in [0.1, 0.15) is 24.8 Å². The highest BCUT2D eigenvalue weighted by atomic mass is 16.7. The van der Waals surface area contributed by atoms with Crippen LogP contribution in [0.3, 0.4) is 0 Å². The minimum absolute atomic E-state index is 0.0974. The van der Waals surface area contributed by atoms with Crippen LogP contribution < -0.4 is 10.2 Å². The Balaban J connectivity index is 1.77. The second kappa shape index (κ2) is 7.93. The predicted octanol–water partition coefficient (Wildman–Crippen LogP) is 1.86. The Hall–Kier alpha value is -1.51. The van der Waals surface area contributed by atoms with Gasteiger partial charge in [-0.05, 0) is 31.4 Å². The van der Waals surface area contributed by atoms with Crippen LogP contribution in [-0.4, -0.2) is 33.4 Å². The average Bonchev–Trinajstić information content (AvgIpc) is 2.52. The zero-order chi connectivity index (χ0) is 14.2. The van der Waals surface area contributed by atoms with Crippen LogP contribution in [0.5, 0.6) is 5.75 Å². The molecular weight excluding hydrogens is 253 g/mol. The van der Waals surface area contributed by atoms with Crippen LogP contribution in [-0.2, 0) is 9.47 Å². The van der Waals surface area contributed by atoms with Crippen molar-refractivity contribution in [3.05, 3.63) is 23.8 Å². The summed E-state index contributed by atoms with van der Waals surface area (Å²) in [6.07, 6.45) is 3.12. The molecule has 2 rings (SSSR count). The fraction of sp³-hybridized carbons (Fsp3) is 0.533. The van der Waals surface area contributed by atoms with Gasteiger partial charge in [-0.2, -0.15) is 5.26 Å². The molecule has 1 aromatic carbocycles. The summed E-state index contributed by atoms with van der Waals surface area (Å²) in [6.45, 7) is 3.61. The lowest BCUT2D eigenvalue weighted by molar-refractivity contribution is -0.165. The highest BCUT2D eigenvalue weighted by Crippen LogP contribution is 2.16. The largest absolute Gasteiger partial charge is 0.490 e. The molecule has 1 fully saturated rings. The number of hydrogen-bond acceptors (Lipinski definition) is 4. The van der Waals surface area contributed by atoms with E-state index in [0.29, 0.717) is 24.5 Å². The first-order valence-electron chi connectivity index (χ1n) is 7.03. The van der Waals surface area contributed by atoms with Gasteiger partial charge in [0.05, 0.1) is 12.2 Å². The third kappa shape index (κ3) is 4.26. The molecule has 0 aliphatic carbocycles. The Morgan fingerprint density at radius 2 is 2.30 bits per heavy atom. The van der Waals surface area contributed by atoms with E-state index in [1.54, 1.807) is 0 Å². The number of nitrogens with zero attached hydrogens (tertiary/aromatic N) is 1. The molecule has 1 atom stereocenters. The van der Waals surface area contributed by atoms with E-state index in [1.807, 2.05) is 32.3 Å². The monoisotopic (exact) mass is 272 g/mol. The average molecular weight is 272 g/mol. The van der Waals surface area contributed by atoms with Crippen LogP contribution in [0.15, 0.2) is 18.2 Å². The Morgan fingerprint density at radius 1 is 1.40 bits per heavy atom. The molecule has 0 bridgehead atoms. The van der Waals surface area contributed by atoms with Gasteiger partial charge in [-0.1, -0.05) is 18.4 Å². The smallest absolute Gasteiger partial charge is 0.157 e. The van der Waals surface area contributed by atoms with E-state index in [0.717, 1.165) is 31.3 Å². The van der Waals surface area contributed by atoms with Crippen molar-refractivity contribution < 1.29 is 14.2 Å². The van der Waals surface area contributed by atoms with Crippen molar-refractivity contribution in [2.24, 2.45) is 0 Å². The fourth-order valence-electron chi connectivity index (χ4n) is 2.11. The maximum atomic E-state index is 9.10. The molecule has 0 amide bonds. The number of rotatable bonds is 6. The first-order chi connectivity index (χ1) is 9.83. The highest BCUT2D eigenvalue weighted by molar-refractivity contribution is 6.51. The Kier molecular flexibility index (Phi) is 5.91. The van der Waals surface area contributed by atoms with Crippen LogP contribution in [0.4, 0.5) is 0 Å². The standard InChI is InChI=1S/C15H19BNO3/c1-16-13-5-6-14(12(10-13)11-17)18-8-9-20-15-4-2-3-7-19-15/h5-6,10,15H,2-4,7-9H2,1H3. The van der Waals surface area contributed by atoms with Crippen molar-refractivity contribution in [2.75, 3.05) is 19.8 Å². The van der Waals surface area contributed by atoms with Crippen molar-refractivity contribution in [2.45, 2.75) is 32.4 Å². The number of nitriles is 1. The summed E-state index contributed by atoms with van der Waals surface area (Å²) in [5.41, 5.74) is 1.57. The lowest BCUT2D eigenvalue weighted by Crippen LogP contribution is -2.24. The lowest BCUT2D eigenvalue weighted by atomic mass is 9.73. The molecule has 1 radical (unpaired) electrons. The zero-order valence-electron chi connectivity index (χ0n) is 11.8. The number of hydrogen-bond donors (Lipinski definition) is 0. The minimum atomic E-state index is -0.0974. The van der Waals surface area contributed by atoms with Gasteiger partial charge in [-0.25, -0.2) is 0 Å². The Labute approximate surface area is 120 Å². The third-order valence-corrected chi connectivity index (χ3v) is 3.24. The van der Waals surface area contributed by atoms with Gasteiger partial charge in [0.25, 0.3) is 0 Å². The molecule has 1 aliphatic rings. The highest BCUT2D eigenvalue weighted by Gasteiger charge is 2.13. The van der Waals surface area contributed by atoms with E-state index in [1.165, 1.54) is 0 Å². The van der Waals surface area contributed by atoms with Crippen LogP contribution >= 0.6 is 0 Å². The van der Waals surface area contributed by atoms with Gasteiger partial charge in [0.15, 0.2) is 6.29 Å². The van der Waals surface area contributed by atoms with Crippen molar-refractivity contribution in [1.29, 1.82) is 5.26 Å². The topological polar surface area (TPSA) is 51.5 Å². The molecule has 0 saturated carbocycles. The van der Waals surface area contributed by atoms with E-state index in [9.17, 15) is 0 Å². The summed E-state index contributed by atoms with van der Waals surface area (Å²) in [4.78, 5) is 0. The maximum absolute atomic E-state index is 9.10. The third-order valence-electron chi connectivity index (χ3n) is 3.24. The maximum Gasteiger partial charge on any atom is 0.157 e. The van der Waals surface area contributed by atoms with Gasteiger partial charge in [-0.15, -0.1) is 0 Å². The molecule has 0 spiro atoms. The predicted molar refractivity (Wildman–Crippen MR) is 77.4 cm³/mol. The van der Waals surface area contributed by atoms with Crippen LogP contribution in [0.2, 0.25) is 6.82 Å². The number of ether oxygens (including phenoxy) is 3. The summed E-state index contributed by atoms with van der Waals surface area (Å²) < 4.78 is 16.7. The molecule has 1 unspecified atom stereocenters. The molecule has 5 heteroatoms. The van der Waals surface area contributed by atoms with Crippen molar-refractivity contribution in [1.82, 2.24) is 0 Å². The van der Waals surface area contributed by atoms with Gasteiger partial charge < -0.3 is 14.2 Å². The van der Waals surface area contributed by atoms with E-state index in [-0.39, 0.29) is 6.29 Å². The summed E-state index contributed by atoms with van der Waals surface area (Å²) >= 11 is 0. The molecule has 20 heavy (non-hydrogen) atoms. The Morgan fingerprint density at radius 3 is 3.00 bits per heavy atom. The normalized spacial score (nSPS) is 18.3. The second-order valence-electron chi connectivity index (χ2n) is 4.67. The van der Waals surface area contributed by atoms with E-state index >= 15 is 0 Å². The van der Waals surface area contributed by atoms with Crippen LogP contribution in [0.25, 0.3) is 0 Å².